The largest absolute Gasteiger partial charge is 0.508 e. The first-order chi connectivity index (χ1) is 24.0. The van der Waals surface area contributed by atoms with Gasteiger partial charge in [-0.2, -0.15) is 9.97 Å². The molecule has 50 heavy (non-hydrogen) atoms. The predicted molar refractivity (Wildman–Crippen MR) is 180 cm³/mol. The molecule has 5 fully saturated rings. The minimum Gasteiger partial charge on any atom is -0.508 e. The van der Waals surface area contributed by atoms with E-state index in [1.807, 2.05) is 0 Å². The van der Waals surface area contributed by atoms with E-state index in [0.717, 1.165) is 57.8 Å². The Hall–Kier alpha value is -3.77. The molecule has 2 unspecified atom stereocenters. The summed E-state index contributed by atoms with van der Waals surface area (Å²) in [6.45, 7) is 4.25. The molecule has 2 saturated carbocycles. The van der Waals surface area contributed by atoms with Crippen LogP contribution < -0.4 is 15.0 Å². The summed E-state index contributed by atoms with van der Waals surface area (Å²) >= 11 is 0. The van der Waals surface area contributed by atoms with Crippen LogP contribution >= 0.6 is 0 Å². The molecule has 7 nitrogen and oxygen atoms in total. The van der Waals surface area contributed by atoms with Crippen LogP contribution in [0, 0.1) is 28.3 Å². The lowest BCUT2D eigenvalue weighted by molar-refractivity contribution is -0.0650. The van der Waals surface area contributed by atoms with E-state index in [2.05, 4.69) is 20.1 Å². The Labute approximate surface area is 286 Å². The highest BCUT2D eigenvalue weighted by Gasteiger charge is 2.50. The fraction of sp³-hybridized carbons (Fsp3) is 0.526. The highest BCUT2D eigenvalue weighted by atomic mass is 19.3. The topological polar surface area (TPSA) is 73.8 Å². The van der Waals surface area contributed by atoms with E-state index in [4.69, 9.17) is 9.72 Å². The van der Waals surface area contributed by atoms with Crippen LogP contribution in [0.3, 0.4) is 0 Å². The molecule has 2 bridgehead atoms. The van der Waals surface area contributed by atoms with Crippen LogP contribution in [-0.2, 0) is 0 Å². The summed E-state index contributed by atoms with van der Waals surface area (Å²) in [6, 6.07) is 8.72. The van der Waals surface area contributed by atoms with Crippen molar-refractivity contribution in [1.82, 2.24) is 20.2 Å². The summed E-state index contributed by atoms with van der Waals surface area (Å²) in [5.74, 6) is -5.13. The number of piperazine rings is 1. The first-order valence-corrected chi connectivity index (χ1v) is 17.8. The fourth-order valence-corrected chi connectivity index (χ4v) is 9.14. The second-order valence-corrected chi connectivity index (χ2v) is 15.8. The van der Waals surface area contributed by atoms with E-state index in [-0.39, 0.29) is 74.9 Å². The van der Waals surface area contributed by atoms with E-state index in [1.54, 1.807) is 6.07 Å². The van der Waals surface area contributed by atoms with Crippen molar-refractivity contribution in [3.63, 3.8) is 0 Å². The average molecular weight is 694 g/mol. The van der Waals surface area contributed by atoms with Crippen molar-refractivity contribution < 1.29 is 31.8 Å². The SMILES string of the molecule is Oc1cc(-c2ccc3c(N4CC5CCC(C4)N5)nc(OCC4(CN5CCC6(CCC(F)(F)CC6)C5)CC4)nc3c2F)c2c(F)c(F)ccc2c1. The van der Waals surface area contributed by atoms with Gasteiger partial charge in [-0.1, -0.05) is 12.1 Å². The van der Waals surface area contributed by atoms with Gasteiger partial charge >= 0.3 is 6.01 Å². The third-order valence-electron chi connectivity index (χ3n) is 12.1. The number of anilines is 1. The molecule has 9 rings (SSSR count). The molecule has 2 N–H and O–H groups in total. The quantitative estimate of drug-likeness (QED) is 0.194. The molecule has 0 amide bonds. The molecule has 0 radical (unpaired) electrons. The van der Waals surface area contributed by atoms with Crippen molar-refractivity contribution >= 4 is 27.5 Å². The number of hydrogen-bond acceptors (Lipinski definition) is 7. The van der Waals surface area contributed by atoms with Gasteiger partial charge in [0.15, 0.2) is 17.5 Å². The van der Waals surface area contributed by atoms with Crippen LogP contribution in [-0.4, -0.2) is 77.3 Å². The molecule has 3 aliphatic heterocycles. The second kappa shape index (κ2) is 11.6. The highest BCUT2D eigenvalue weighted by molar-refractivity contribution is 6.01. The van der Waals surface area contributed by atoms with E-state index in [1.165, 1.54) is 24.3 Å². The number of likely N-dealkylation sites (tertiary alicyclic amines) is 1. The number of nitrogens with one attached hydrogen (secondary N) is 1. The lowest BCUT2D eigenvalue weighted by Gasteiger charge is -2.37. The number of ether oxygens (including phenoxy) is 1. The molecule has 12 heteroatoms. The minimum atomic E-state index is -2.54. The van der Waals surface area contributed by atoms with E-state index < -0.39 is 23.4 Å². The summed E-state index contributed by atoms with van der Waals surface area (Å²) in [5, 5.41) is 14.7. The van der Waals surface area contributed by atoms with Crippen molar-refractivity contribution in [2.45, 2.75) is 75.8 Å². The Morgan fingerprint density at radius 3 is 2.36 bits per heavy atom. The van der Waals surface area contributed by atoms with Crippen LogP contribution in [0.4, 0.5) is 27.8 Å². The van der Waals surface area contributed by atoms with Crippen LogP contribution in [0.2, 0.25) is 0 Å². The third kappa shape index (κ3) is 5.72. The first kappa shape index (κ1) is 32.2. The van der Waals surface area contributed by atoms with Gasteiger partial charge in [0, 0.05) is 72.9 Å². The zero-order valence-electron chi connectivity index (χ0n) is 27.8. The maximum atomic E-state index is 16.8. The number of phenols is 1. The lowest BCUT2D eigenvalue weighted by Crippen LogP contribution is -2.51. The van der Waals surface area contributed by atoms with Crippen LogP contribution in [0.5, 0.6) is 11.8 Å². The maximum Gasteiger partial charge on any atom is 0.319 e. The summed E-state index contributed by atoms with van der Waals surface area (Å²) in [4.78, 5) is 14.0. The minimum absolute atomic E-state index is 0.00196. The van der Waals surface area contributed by atoms with Crippen LogP contribution in [0.1, 0.15) is 57.8 Å². The number of phenolic OH excluding ortho intramolecular Hbond substituents is 1. The van der Waals surface area contributed by atoms with Gasteiger partial charge in [-0.3, -0.25) is 0 Å². The Balaban J connectivity index is 1.04. The number of alkyl halides is 2. The number of nitrogens with zero attached hydrogens (tertiary/aromatic N) is 4. The van der Waals surface area contributed by atoms with Crippen molar-refractivity contribution in [1.29, 1.82) is 0 Å². The van der Waals surface area contributed by atoms with Gasteiger partial charge in [0.1, 0.15) is 17.1 Å². The molecular formula is C38H40F5N5O2. The molecule has 5 aliphatic rings. The predicted octanol–water partition coefficient (Wildman–Crippen LogP) is 7.57. The van der Waals surface area contributed by atoms with Gasteiger partial charge in [-0.05, 0) is 92.1 Å². The monoisotopic (exact) mass is 693 g/mol. The number of halogens is 5. The number of aromatic hydroxyl groups is 1. The van der Waals surface area contributed by atoms with Crippen molar-refractivity contribution in [3.8, 4) is 22.9 Å². The van der Waals surface area contributed by atoms with Gasteiger partial charge in [-0.25, -0.2) is 22.0 Å². The summed E-state index contributed by atoms with van der Waals surface area (Å²) < 4.78 is 80.5. The Morgan fingerprint density at radius 1 is 0.860 bits per heavy atom. The van der Waals surface area contributed by atoms with E-state index in [0.29, 0.717) is 43.7 Å². The molecule has 3 saturated heterocycles. The Bertz CT molecular complexity index is 1980. The molecule has 1 aromatic heterocycles. The van der Waals surface area contributed by atoms with Gasteiger partial charge < -0.3 is 25.0 Å². The standard InChI is InChI=1S/C38H40F5N5O2/c39-29-6-1-22-15-25(49)16-28(30(22)32(29)41)26-4-5-27-33(31(26)40)45-35(46-34(27)48-17-23-2-3-24(18-48)44-23)50-21-37(7-8-37)20-47-14-13-36(19-47)9-11-38(42,43)12-10-36/h1,4-6,15-16,23-24,44,49H,2-3,7-14,17-21H2. The summed E-state index contributed by atoms with van der Waals surface area (Å²) in [7, 11) is 0. The smallest absolute Gasteiger partial charge is 0.319 e. The molecular weight excluding hydrogens is 653 g/mol. The van der Waals surface area contributed by atoms with Crippen LogP contribution in [0.25, 0.3) is 32.8 Å². The Morgan fingerprint density at radius 2 is 1.62 bits per heavy atom. The van der Waals surface area contributed by atoms with Gasteiger partial charge in [0.05, 0.1) is 6.61 Å². The number of aromatic nitrogens is 2. The average Bonchev–Trinajstić information content (AvgIpc) is 3.62. The number of benzene rings is 3. The van der Waals surface area contributed by atoms with Crippen molar-refractivity contribution in [3.05, 3.63) is 53.8 Å². The van der Waals surface area contributed by atoms with Crippen molar-refractivity contribution in [2.24, 2.45) is 10.8 Å². The molecule has 2 atom stereocenters. The van der Waals surface area contributed by atoms with Gasteiger partial charge in [0.25, 0.3) is 0 Å². The molecule has 3 aromatic carbocycles. The van der Waals surface area contributed by atoms with Crippen LogP contribution in [0.15, 0.2) is 36.4 Å². The number of rotatable bonds is 7. The zero-order valence-corrected chi connectivity index (χ0v) is 27.8. The number of hydrogen-bond donors (Lipinski definition) is 2. The second-order valence-electron chi connectivity index (χ2n) is 15.8. The number of fused-ring (bicyclic) bond motifs is 4. The van der Waals surface area contributed by atoms with Crippen molar-refractivity contribution in [2.75, 3.05) is 44.2 Å². The van der Waals surface area contributed by atoms with Gasteiger partial charge in [0.2, 0.25) is 5.92 Å². The molecule has 4 heterocycles. The molecule has 1 spiro atoms. The highest BCUT2D eigenvalue weighted by Crippen LogP contribution is 2.52. The first-order valence-electron chi connectivity index (χ1n) is 17.8. The van der Waals surface area contributed by atoms with E-state index in [9.17, 15) is 18.3 Å². The lowest BCUT2D eigenvalue weighted by atomic mass is 9.72. The van der Waals surface area contributed by atoms with E-state index >= 15 is 8.78 Å². The maximum absolute atomic E-state index is 16.8. The molecule has 2 aliphatic carbocycles. The molecule has 4 aromatic rings. The molecule has 264 valence electrons. The summed E-state index contributed by atoms with van der Waals surface area (Å²) in [6.07, 6.45) is 6.01. The third-order valence-corrected chi connectivity index (χ3v) is 12.1. The fourth-order valence-electron chi connectivity index (χ4n) is 9.14. The normalized spacial score (nSPS) is 25.2. The van der Waals surface area contributed by atoms with Gasteiger partial charge in [-0.15, -0.1) is 0 Å². The summed E-state index contributed by atoms with van der Waals surface area (Å²) in [5.41, 5.74) is -0.147. The Kier molecular flexibility index (Phi) is 7.48. The zero-order chi connectivity index (χ0) is 34.4.